The van der Waals surface area contributed by atoms with Gasteiger partial charge >= 0.3 is 0 Å². The molecule has 2 N–H and O–H groups in total. The van der Waals surface area contributed by atoms with Crippen LogP contribution < -0.4 is 5.32 Å². The van der Waals surface area contributed by atoms with Gasteiger partial charge in [-0.15, -0.1) is 0 Å². The first-order valence-corrected chi connectivity index (χ1v) is 7.61. The van der Waals surface area contributed by atoms with Crippen LogP contribution in [0.4, 0.5) is 0 Å². The molecule has 2 aromatic heterocycles. The predicted octanol–water partition coefficient (Wildman–Crippen LogP) is 1.55. The van der Waals surface area contributed by atoms with E-state index in [0.717, 1.165) is 23.9 Å². The molecule has 6 nitrogen and oxygen atoms in total. The van der Waals surface area contributed by atoms with Gasteiger partial charge in [-0.1, -0.05) is 0 Å². The van der Waals surface area contributed by atoms with Crippen LogP contribution >= 0.6 is 0 Å². The molecule has 22 heavy (non-hydrogen) atoms. The SMILES string of the molecule is CNC(=O)CC1CCN(C(=O)c2ccc3cc[nH]c3n2)CC1. The van der Waals surface area contributed by atoms with Crippen LogP contribution in [-0.4, -0.2) is 46.8 Å². The normalized spacial score (nSPS) is 16.0. The number of H-pyrrole nitrogens is 1. The fourth-order valence-electron chi connectivity index (χ4n) is 2.92. The van der Waals surface area contributed by atoms with Crippen LogP contribution in [0.5, 0.6) is 0 Å². The Balaban J connectivity index is 1.63. The van der Waals surface area contributed by atoms with Crippen molar-refractivity contribution in [2.45, 2.75) is 19.3 Å². The van der Waals surface area contributed by atoms with Crippen molar-refractivity contribution in [3.05, 3.63) is 30.1 Å². The van der Waals surface area contributed by atoms with Crippen molar-refractivity contribution < 1.29 is 9.59 Å². The Hall–Kier alpha value is -2.37. The molecule has 0 radical (unpaired) electrons. The van der Waals surface area contributed by atoms with Gasteiger partial charge in [0, 0.05) is 38.1 Å². The van der Waals surface area contributed by atoms with E-state index in [4.69, 9.17) is 0 Å². The van der Waals surface area contributed by atoms with Gasteiger partial charge in [-0.25, -0.2) is 4.98 Å². The molecule has 3 heterocycles. The molecule has 2 amide bonds. The molecule has 6 heteroatoms. The molecule has 0 atom stereocenters. The van der Waals surface area contributed by atoms with E-state index in [1.165, 1.54) is 0 Å². The summed E-state index contributed by atoms with van der Waals surface area (Å²) >= 11 is 0. The van der Waals surface area contributed by atoms with Crippen LogP contribution in [-0.2, 0) is 4.79 Å². The lowest BCUT2D eigenvalue weighted by Gasteiger charge is -2.31. The van der Waals surface area contributed by atoms with Crippen molar-refractivity contribution in [2.75, 3.05) is 20.1 Å². The molecule has 0 unspecified atom stereocenters. The number of aromatic amines is 1. The molecule has 1 aliphatic rings. The number of rotatable bonds is 3. The van der Waals surface area contributed by atoms with Crippen molar-refractivity contribution in [2.24, 2.45) is 5.92 Å². The minimum Gasteiger partial charge on any atom is -0.359 e. The van der Waals surface area contributed by atoms with Gasteiger partial charge in [0.15, 0.2) is 0 Å². The highest BCUT2D eigenvalue weighted by molar-refractivity contribution is 5.94. The van der Waals surface area contributed by atoms with Crippen LogP contribution in [0, 0.1) is 5.92 Å². The number of carbonyl (C=O) groups excluding carboxylic acids is 2. The average molecular weight is 300 g/mol. The molecule has 1 fully saturated rings. The highest BCUT2D eigenvalue weighted by Gasteiger charge is 2.25. The number of amides is 2. The predicted molar refractivity (Wildman–Crippen MR) is 83.4 cm³/mol. The number of hydrogen-bond donors (Lipinski definition) is 2. The molecule has 1 saturated heterocycles. The number of nitrogens with one attached hydrogen (secondary N) is 2. The van der Waals surface area contributed by atoms with E-state index < -0.39 is 0 Å². The molecule has 0 spiro atoms. The fraction of sp³-hybridized carbons (Fsp3) is 0.438. The van der Waals surface area contributed by atoms with E-state index in [2.05, 4.69) is 15.3 Å². The van der Waals surface area contributed by atoms with Crippen LogP contribution in [0.3, 0.4) is 0 Å². The number of pyridine rings is 1. The Morgan fingerprint density at radius 1 is 1.32 bits per heavy atom. The standard InChI is InChI=1S/C16H20N4O2/c1-17-14(21)10-11-5-8-20(9-6-11)16(22)13-3-2-12-4-7-18-15(12)19-13/h2-4,7,11H,5-6,8-10H2,1H3,(H,17,21)(H,18,19). The summed E-state index contributed by atoms with van der Waals surface area (Å²) in [4.78, 5) is 33.2. The van der Waals surface area contributed by atoms with Gasteiger partial charge in [0.2, 0.25) is 5.91 Å². The first-order valence-electron chi connectivity index (χ1n) is 7.61. The van der Waals surface area contributed by atoms with Gasteiger partial charge in [-0.3, -0.25) is 9.59 Å². The summed E-state index contributed by atoms with van der Waals surface area (Å²) in [5.74, 6) is 0.404. The van der Waals surface area contributed by atoms with Gasteiger partial charge in [0.25, 0.3) is 5.91 Å². The second-order valence-electron chi connectivity index (χ2n) is 5.72. The van der Waals surface area contributed by atoms with Crippen molar-refractivity contribution in [1.29, 1.82) is 0 Å². The first-order chi connectivity index (χ1) is 10.7. The first kappa shape index (κ1) is 14.6. The summed E-state index contributed by atoms with van der Waals surface area (Å²) in [7, 11) is 1.66. The Labute approximate surface area is 128 Å². The average Bonchev–Trinajstić information content (AvgIpc) is 3.02. The van der Waals surface area contributed by atoms with E-state index in [-0.39, 0.29) is 11.8 Å². The van der Waals surface area contributed by atoms with Gasteiger partial charge in [-0.2, -0.15) is 0 Å². The third-order valence-electron chi connectivity index (χ3n) is 4.28. The molecule has 0 saturated carbocycles. The topological polar surface area (TPSA) is 78.1 Å². The monoisotopic (exact) mass is 300 g/mol. The summed E-state index contributed by atoms with van der Waals surface area (Å²) in [6.45, 7) is 1.37. The zero-order valence-electron chi connectivity index (χ0n) is 12.6. The maximum absolute atomic E-state index is 12.5. The third kappa shape index (κ3) is 2.95. The molecule has 0 aliphatic carbocycles. The number of likely N-dealkylation sites (tertiary alicyclic amines) is 1. The van der Waals surface area contributed by atoms with E-state index >= 15 is 0 Å². The Morgan fingerprint density at radius 3 is 2.82 bits per heavy atom. The molecule has 2 aromatic rings. The van der Waals surface area contributed by atoms with Crippen LogP contribution in [0.25, 0.3) is 11.0 Å². The largest absolute Gasteiger partial charge is 0.359 e. The van der Waals surface area contributed by atoms with E-state index in [1.807, 2.05) is 23.2 Å². The lowest BCUT2D eigenvalue weighted by molar-refractivity contribution is -0.121. The maximum Gasteiger partial charge on any atom is 0.272 e. The van der Waals surface area contributed by atoms with Gasteiger partial charge in [0.05, 0.1) is 0 Å². The highest BCUT2D eigenvalue weighted by atomic mass is 16.2. The quantitative estimate of drug-likeness (QED) is 0.903. The van der Waals surface area contributed by atoms with Crippen molar-refractivity contribution >= 4 is 22.8 Å². The summed E-state index contributed by atoms with van der Waals surface area (Å²) in [5, 5.41) is 3.65. The smallest absolute Gasteiger partial charge is 0.272 e. The number of fused-ring (bicyclic) bond motifs is 1. The molecule has 3 rings (SSSR count). The van der Waals surface area contributed by atoms with Crippen molar-refractivity contribution in [3.63, 3.8) is 0 Å². The van der Waals surface area contributed by atoms with Gasteiger partial charge in [0.1, 0.15) is 11.3 Å². The van der Waals surface area contributed by atoms with Crippen LogP contribution in [0.2, 0.25) is 0 Å². The summed E-state index contributed by atoms with van der Waals surface area (Å²) in [6, 6.07) is 5.61. The molecule has 116 valence electrons. The summed E-state index contributed by atoms with van der Waals surface area (Å²) < 4.78 is 0. The van der Waals surface area contributed by atoms with E-state index in [9.17, 15) is 9.59 Å². The number of hydrogen-bond acceptors (Lipinski definition) is 3. The minimum atomic E-state index is -0.0325. The molecule has 0 bridgehead atoms. The van der Waals surface area contributed by atoms with Crippen molar-refractivity contribution in [3.8, 4) is 0 Å². The molecule has 0 aromatic carbocycles. The molecule has 1 aliphatic heterocycles. The lowest BCUT2D eigenvalue weighted by Crippen LogP contribution is -2.39. The number of nitrogens with zero attached hydrogens (tertiary/aromatic N) is 2. The van der Waals surface area contributed by atoms with E-state index in [1.54, 1.807) is 13.1 Å². The lowest BCUT2D eigenvalue weighted by atomic mass is 9.93. The summed E-state index contributed by atoms with van der Waals surface area (Å²) in [6.07, 6.45) is 4.09. The maximum atomic E-state index is 12.5. The molecular weight excluding hydrogens is 280 g/mol. The van der Waals surface area contributed by atoms with Crippen molar-refractivity contribution in [1.82, 2.24) is 20.2 Å². The van der Waals surface area contributed by atoms with Gasteiger partial charge < -0.3 is 15.2 Å². The number of aromatic nitrogens is 2. The third-order valence-corrected chi connectivity index (χ3v) is 4.28. The van der Waals surface area contributed by atoms with Crippen LogP contribution in [0.1, 0.15) is 29.8 Å². The summed E-state index contributed by atoms with van der Waals surface area (Å²) in [5.41, 5.74) is 1.21. The Bertz CT molecular complexity index is 686. The van der Waals surface area contributed by atoms with Crippen LogP contribution in [0.15, 0.2) is 24.4 Å². The fourth-order valence-corrected chi connectivity index (χ4v) is 2.92. The Kier molecular flexibility index (Phi) is 4.09. The zero-order valence-corrected chi connectivity index (χ0v) is 12.6. The second kappa shape index (κ2) is 6.17. The zero-order chi connectivity index (χ0) is 15.5. The number of piperidine rings is 1. The van der Waals surface area contributed by atoms with E-state index in [0.29, 0.717) is 31.1 Å². The number of carbonyl (C=O) groups is 2. The Morgan fingerprint density at radius 2 is 2.09 bits per heavy atom. The molecular formula is C16H20N4O2. The second-order valence-corrected chi connectivity index (χ2v) is 5.72. The van der Waals surface area contributed by atoms with Gasteiger partial charge in [-0.05, 0) is 37.0 Å². The minimum absolute atomic E-state index is 0.0325. The highest BCUT2D eigenvalue weighted by Crippen LogP contribution is 2.22.